The van der Waals surface area contributed by atoms with Crippen LogP contribution in [0.1, 0.15) is 63.4 Å². The van der Waals surface area contributed by atoms with Crippen LogP contribution in [0.25, 0.3) is 5.57 Å². The molecule has 168 valence electrons. The van der Waals surface area contributed by atoms with Gasteiger partial charge in [-0.1, -0.05) is 55.7 Å². The Morgan fingerprint density at radius 3 is 2.48 bits per heavy atom. The minimum Gasteiger partial charge on any atom is -0.324 e. The average molecular weight is 424 g/mol. The minimum atomic E-state index is 0.153. The Morgan fingerprint density at radius 1 is 0.935 bits per heavy atom. The maximum atomic E-state index is 13.3. The summed E-state index contributed by atoms with van der Waals surface area (Å²) in [6.45, 7) is 5.09. The first-order valence-corrected chi connectivity index (χ1v) is 12.4. The first-order valence-electron chi connectivity index (χ1n) is 12.4. The van der Waals surface area contributed by atoms with E-state index in [4.69, 9.17) is 4.84 Å². The zero-order chi connectivity index (χ0) is 21.1. The molecule has 2 amide bonds. The van der Waals surface area contributed by atoms with Gasteiger partial charge >= 0.3 is 6.03 Å². The molecule has 0 N–H and O–H groups in total. The molecule has 5 nitrogen and oxygen atoms in total. The van der Waals surface area contributed by atoms with E-state index in [2.05, 4.69) is 46.4 Å². The minimum absolute atomic E-state index is 0.153. The molecule has 0 radical (unpaired) electrons. The topological polar surface area (TPSA) is 36.0 Å². The lowest BCUT2D eigenvalue weighted by Crippen LogP contribution is -2.56. The summed E-state index contributed by atoms with van der Waals surface area (Å²) in [7, 11) is 0. The third-order valence-corrected chi connectivity index (χ3v) is 7.94. The molecule has 2 saturated heterocycles. The van der Waals surface area contributed by atoms with Crippen molar-refractivity contribution in [3.8, 4) is 0 Å². The van der Waals surface area contributed by atoms with Gasteiger partial charge in [-0.2, -0.15) is 5.06 Å². The number of piperidine rings is 1. The van der Waals surface area contributed by atoms with Gasteiger partial charge in [-0.05, 0) is 49.7 Å². The fourth-order valence-corrected chi connectivity index (χ4v) is 6.01. The van der Waals surface area contributed by atoms with E-state index >= 15 is 0 Å². The molecule has 1 unspecified atom stereocenters. The smallest absolute Gasteiger partial charge is 0.320 e. The molecular formula is C26H37N3O2. The summed E-state index contributed by atoms with van der Waals surface area (Å²) in [5, 5.41) is 2.28. The predicted molar refractivity (Wildman–Crippen MR) is 123 cm³/mol. The number of urea groups is 1. The van der Waals surface area contributed by atoms with Gasteiger partial charge in [0.15, 0.2) is 0 Å². The van der Waals surface area contributed by atoms with Gasteiger partial charge in [0, 0.05) is 44.2 Å². The van der Waals surface area contributed by atoms with Crippen molar-refractivity contribution < 1.29 is 9.63 Å². The summed E-state index contributed by atoms with van der Waals surface area (Å²) in [6.07, 6.45) is 13.2. The summed E-state index contributed by atoms with van der Waals surface area (Å²) < 4.78 is 0. The van der Waals surface area contributed by atoms with Crippen molar-refractivity contribution in [2.75, 3.05) is 39.3 Å². The van der Waals surface area contributed by atoms with Crippen LogP contribution in [0.2, 0.25) is 0 Å². The molecule has 1 atom stereocenters. The maximum absolute atomic E-state index is 13.3. The maximum Gasteiger partial charge on any atom is 0.320 e. The van der Waals surface area contributed by atoms with Crippen molar-refractivity contribution in [1.82, 2.24) is 14.9 Å². The van der Waals surface area contributed by atoms with Crippen LogP contribution in [0.4, 0.5) is 4.79 Å². The summed E-state index contributed by atoms with van der Waals surface area (Å²) in [5.41, 5.74) is 2.80. The van der Waals surface area contributed by atoms with E-state index in [9.17, 15) is 4.79 Å². The summed E-state index contributed by atoms with van der Waals surface area (Å²) in [4.78, 5) is 23.8. The molecule has 1 aromatic rings. The highest BCUT2D eigenvalue weighted by molar-refractivity contribution is 5.77. The number of carbonyl (C=O) groups excluding carboxylic acids is 1. The van der Waals surface area contributed by atoms with Crippen molar-refractivity contribution in [3.63, 3.8) is 0 Å². The van der Waals surface area contributed by atoms with Gasteiger partial charge in [-0.25, -0.2) is 4.79 Å². The summed E-state index contributed by atoms with van der Waals surface area (Å²) in [5.74, 6) is 0. The van der Waals surface area contributed by atoms with Crippen molar-refractivity contribution in [2.45, 2.75) is 63.8 Å². The SMILES string of the molecule is O=C(N1CC=C(c2ccccc2)CC1)N1CCCC2(CCN(C3CCCCC3)OC2)C1. The molecule has 1 aromatic carbocycles. The third kappa shape index (κ3) is 4.68. The van der Waals surface area contributed by atoms with Crippen LogP contribution < -0.4 is 0 Å². The van der Waals surface area contributed by atoms with Gasteiger partial charge in [0.25, 0.3) is 0 Å². The number of carbonyl (C=O) groups is 1. The van der Waals surface area contributed by atoms with Crippen LogP contribution in [-0.4, -0.2) is 66.3 Å². The van der Waals surface area contributed by atoms with Gasteiger partial charge in [0.05, 0.1) is 6.61 Å². The Kier molecular flexibility index (Phi) is 6.33. The number of hydrogen-bond donors (Lipinski definition) is 0. The highest BCUT2D eigenvalue weighted by Gasteiger charge is 2.42. The van der Waals surface area contributed by atoms with Crippen LogP contribution in [0, 0.1) is 5.41 Å². The number of benzene rings is 1. The van der Waals surface area contributed by atoms with E-state index < -0.39 is 0 Å². The quantitative estimate of drug-likeness (QED) is 0.675. The van der Waals surface area contributed by atoms with Gasteiger partial charge in [-0.15, -0.1) is 0 Å². The van der Waals surface area contributed by atoms with E-state index in [1.807, 2.05) is 4.90 Å². The molecule has 5 heteroatoms. The standard InChI is InChI=1S/C26H37N3O2/c30-25(27-17-12-23(13-18-27)22-8-3-1-4-9-22)28-16-7-14-26(20-28)15-19-29(31-21-26)24-10-5-2-6-11-24/h1,3-4,8-9,12,24H,2,5-7,10-11,13-21H2. The number of likely N-dealkylation sites (tertiary alicyclic amines) is 1. The highest BCUT2D eigenvalue weighted by atomic mass is 16.7. The Morgan fingerprint density at radius 2 is 1.77 bits per heavy atom. The fourth-order valence-electron chi connectivity index (χ4n) is 6.01. The van der Waals surface area contributed by atoms with Gasteiger partial charge in [0.2, 0.25) is 0 Å². The Labute approximate surface area is 187 Å². The highest BCUT2D eigenvalue weighted by Crippen LogP contribution is 2.39. The number of hydrogen-bond acceptors (Lipinski definition) is 3. The summed E-state index contributed by atoms with van der Waals surface area (Å²) in [6, 6.07) is 11.4. The van der Waals surface area contributed by atoms with Crippen molar-refractivity contribution >= 4 is 11.6 Å². The Balaban J connectivity index is 1.16. The van der Waals surface area contributed by atoms with Crippen LogP contribution in [0.3, 0.4) is 0 Å². The van der Waals surface area contributed by atoms with E-state index in [-0.39, 0.29) is 11.4 Å². The molecule has 4 aliphatic rings. The van der Waals surface area contributed by atoms with Crippen LogP contribution in [-0.2, 0) is 4.84 Å². The lowest BCUT2D eigenvalue weighted by molar-refractivity contribution is -0.250. The molecular weight excluding hydrogens is 386 g/mol. The molecule has 0 bridgehead atoms. The molecule has 31 heavy (non-hydrogen) atoms. The number of amides is 2. The molecule has 1 spiro atoms. The second-order valence-corrected chi connectivity index (χ2v) is 10.1. The fraction of sp³-hybridized carbons (Fsp3) is 0.654. The Bertz CT molecular complexity index is 779. The molecule has 5 rings (SSSR count). The molecule has 3 aliphatic heterocycles. The van der Waals surface area contributed by atoms with Crippen LogP contribution in [0.5, 0.6) is 0 Å². The zero-order valence-corrected chi connectivity index (χ0v) is 18.8. The van der Waals surface area contributed by atoms with Crippen LogP contribution >= 0.6 is 0 Å². The first kappa shape index (κ1) is 21.0. The lowest BCUT2D eigenvalue weighted by Gasteiger charge is -2.49. The number of nitrogens with zero attached hydrogens (tertiary/aromatic N) is 3. The second kappa shape index (κ2) is 9.33. The first-order chi connectivity index (χ1) is 15.2. The van der Waals surface area contributed by atoms with Crippen molar-refractivity contribution in [3.05, 3.63) is 42.0 Å². The second-order valence-electron chi connectivity index (χ2n) is 10.1. The third-order valence-electron chi connectivity index (χ3n) is 7.94. The van der Waals surface area contributed by atoms with E-state index in [1.54, 1.807) is 0 Å². The molecule has 3 heterocycles. The predicted octanol–water partition coefficient (Wildman–Crippen LogP) is 4.95. The average Bonchev–Trinajstić information content (AvgIpc) is 2.85. The van der Waals surface area contributed by atoms with Crippen molar-refractivity contribution in [2.24, 2.45) is 5.41 Å². The van der Waals surface area contributed by atoms with E-state index in [0.29, 0.717) is 6.04 Å². The molecule has 0 aromatic heterocycles. The normalized spacial score (nSPS) is 28.6. The molecule has 3 fully saturated rings. The Hall–Kier alpha value is -1.85. The number of hydroxylamine groups is 2. The van der Waals surface area contributed by atoms with Gasteiger partial charge in [-0.3, -0.25) is 4.84 Å². The van der Waals surface area contributed by atoms with E-state index in [0.717, 1.165) is 58.6 Å². The number of rotatable bonds is 2. The summed E-state index contributed by atoms with van der Waals surface area (Å²) >= 11 is 0. The molecule has 1 aliphatic carbocycles. The van der Waals surface area contributed by atoms with Gasteiger partial charge < -0.3 is 9.80 Å². The van der Waals surface area contributed by atoms with E-state index in [1.165, 1.54) is 49.7 Å². The lowest BCUT2D eigenvalue weighted by atomic mass is 9.77. The largest absolute Gasteiger partial charge is 0.324 e. The van der Waals surface area contributed by atoms with Crippen LogP contribution in [0.15, 0.2) is 36.4 Å². The van der Waals surface area contributed by atoms with Crippen molar-refractivity contribution in [1.29, 1.82) is 0 Å². The van der Waals surface area contributed by atoms with Gasteiger partial charge in [0.1, 0.15) is 0 Å². The zero-order valence-electron chi connectivity index (χ0n) is 18.8. The monoisotopic (exact) mass is 423 g/mol. The molecule has 1 saturated carbocycles.